The highest BCUT2D eigenvalue weighted by Crippen LogP contribution is 2.46. The molecular formula is C27H30N5O3+. The number of amides is 1. The first-order valence-corrected chi connectivity index (χ1v) is 12.1. The molecule has 35 heavy (non-hydrogen) atoms. The summed E-state index contributed by atoms with van der Waals surface area (Å²) in [5.41, 5.74) is 3.57. The van der Waals surface area contributed by atoms with Crippen molar-refractivity contribution in [3.05, 3.63) is 54.0 Å². The van der Waals surface area contributed by atoms with Gasteiger partial charge in [0, 0.05) is 60.5 Å². The van der Waals surface area contributed by atoms with Crippen LogP contribution in [0.5, 0.6) is 0 Å². The minimum Gasteiger partial charge on any atom is -0.384 e. The number of nitriles is 1. The van der Waals surface area contributed by atoms with Gasteiger partial charge in [-0.05, 0) is 37.5 Å². The lowest BCUT2D eigenvalue weighted by Crippen LogP contribution is -2.54. The number of carbonyl (C=O) groups is 1. The Bertz CT molecular complexity index is 1310. The molecule has 2 aromatic heterocycles. The minimum absolute atomic E-state index is 0.0220. The van der Waals surface area contributed by atoms with E-state index in [0.29, 0.717) is 50.0 Å². The molecule has 5 rings (SSSR count). The normalized spacial score (nSPS) is 18.0. The summed E-state index contributed by atoms with van der Waals surface area (Å²) in [5.74, 6) is 1.19. The lowest BCUT2D eigenvalue weighted by molar-refractivity contribution is -0.903. The van der Waals surface area contributed by atoms with Crippen LogP contribution in [-0.2, 0) is 9.53 Å². The van der Waals surface area contributed by atoms with E-state index in [1.54, 1.807) is 19.5 Å². The van der Waals surface area contributed by atoms with Gasteiger partial charge in [0.25, 0.3) is 0 Å². The van der Waals surface area contributed by atoms with Gasteiger partial charge in [0.1, 0.15) is 11.9 Å². The molecule has 1 saturated carbocycles. The quantitative estimate of drug-likeness (QED) is 0.437. The number of hydrogen-bond acceptors (Lipinski definition) is 6. The highest BCUT2D eigenvalue weighted by Gasteiger charge is 2.33. The monoisotopic (exact) mass is 472 g/mol. The number of rotatable bonds is 6. The second-order valence-electron chi connectivity index (χ2n) is 9.44. The van der Waals surface area contributed by atoms with Crippen molar-refractivity contribution in [2.75, 3.05) is 38.3 Å². The van der Waals surface area contributed by atoms with Crippen molar-refractivity contribution < 1.29 is 19.5 Å². The van der Waals surface area contributed by atoms with Crippen LogP contribution in [0.3, 0.4) is 0 Å². The number of fused-ring (bicyclic) bond motifs is 1. The van der Waals surface area contributed by atoms with Crippen molar-refractivity contribution in [1.29, 1.82) is 5.26 Å². The number of benzene rings is 1. The fourth-order valence-electron chi connectivity index (χ4n) is 5.03. The summed E-state index contributed by atoms with van der Waals surface area (Å²) in [6, 6.07) is 12.3. The number of anilines is 1. The molecule has 1 atom stereocenters. The highest BCUT2D eigenvalue weighted by atomic mass is 16.5. The topological polar surface area (TPSA) is 93.6 Å². The van der Waals surface area contributed by atoms with Gasteiger partial charge in [-0.15, -0.1) is 0 Å². The number of ether oxygens (including phenoxy) is 1. The maximum atomic E-state index is 12.6. The zero-order valence-corrected chi connectivity index (χ0v) is 20.1. The van der Waals surface area contributed by atoms with Crippen LogP contribution in [0.4, 0.5) is 5.82 Å². The third-order valence-electron chi connectivity index (χ3n) is 6.98. The summed E-state index contributed by atoms with van der Waals surface area (Å²) in [4.78, 5) is 21.7. The number of hydrogen-bond donors (Lipinski definition) is 1. The van der Waals surface area contributed by atoms with Crippen LogP contribution in [0.1, 0.15) is 43.4 Å². The first-order chi connectivity index (χ1) is 17.0. The van der Waals surface area contributed by atoms with Gasteiger partial charge in [-0.3, -0.25) is 10.0 Å². The number of methoxy groups -OCH3 is 1. The van der Waals surface area contributed by atoms with E-state index in [4.69, 9.17) is 9.72 Å². The second-order valence-corrected chi connectivity index (χ2v) is 9.44. The van der Waals surface area contributed by atoms with E-state index in [2.05, 4.69) is 17.0 Å². The Hall–Kier alpha value is -3.70. The van der Waals surface area contributed by atoms with Gasteiger partial charge in [0.15, 0.2) is 0 Å². The SMILES string of the molecule is COCCC(=O)N1CCN(c2nc(C3CC3)c(-c3cccc4c[n+](O)ccc34)cc2C#N)C[C@H]1C. The van der Waals surface area contributed by atoms with E-state index in [9.17, 15) is 15.3 Å². The molecule has 1 amide bonds. The molecule has 8 heteroatoms. The van der Waals surface area contributed by atoms with Gasteiger partial charge in [-0.1, -0.05) is 12.1 Å². The predicted molar refractivity (Wildman–Crippen MR) is 131 cm³/mol. The van der Waals surface area contributed by atoms with E-state index >= 15 is 0 Å². The Balaban J connectivity index is 1.51. The molecule has 1 aliphatic carbocycles. The van der Waals surface area contributed by atoms with Gasteiger partial charge < -0.3 is 14.5 Å². The average Bonchev–Trinajstić information content (AvgIpc) is 3.71. The molecule has 3 aromatic rings. The van der Waals surface area contributed by atoms with Gasteiger partial charge in [0.2, 0.25) is 18.3 Å². The van der Waals surface area contributed by atoms with Crippen molar-refractivity contribution in [2.45, 2.75) is 38.1 Å². The molecule has 0 bridgehead atoms. The molecule has 3 heterocycles. The molecule has 1 aromatic carbocycles. The largest absolute Gasteiger partial charge is 0.384 e. The molecule has 2 aliphatic rings. The van der Waals surface area contributed by atoms with E-state index in [-0.39, 0.29) is 11.9 Å². The Morgan fingerprint density at radius 3 is 2.83 bits per heavy atom. The Labute approximate surface area is 204 Å². The summed E-state index contributed by atoms with van der Waals surface area (Å²) in [6.45, 7) is 4.34. The van der Waals surface area contributed by atoms with Crippen molar-refractivity contribution in [3.8, 4) is 17.2 Å². The van der Waals surface area contributed by atoms with E-state index < -0.39 is 0 Å². The standard InChI is InChI=1S/C27H30N5O3/c1-18-16-30(11-12-32(18)25(33)9-13-35-2)27-21(15-28)14-24(26(29-27)19-6-7-19)23-5-3-4-20-17-31(34)10-8-22(20)23/h3-5,8,10,14,17-19,34H,6-7,9,11-13,16H2,1-2H3/q+1/t18-/m1/s1. The molecule has 0 radical (unpaired) electrons. The van der Waals surface area contributed by atoms with Crippen LogP contribution in [-0.4, -0.2) is 60.4 Å². The Morgan fingerprint density at radius 2 is 2.11 bits per heavy atom. The van der Waals surface area contributed by atoms with E-state index in [1.807, 2.05) is 36.1 Å². The summed E-state index contributed by atoms with van der Waals surface area (Å²) in [7, 11) is 1.60. The van der Waals surface area contributed by atoms with Crippen LogP contribution < -0.4 is 9.63 Å². The fourth-order valence-corrected chi connectivity index (χ4v) is 5.03. The lowest BCUT2D eigenvalue weighted by Gasteiger charge is -2.41. The molecular weight excluding hydrogens is 442 g/mol. The van der Waals surface area contributed by atoms with Crippen molar-refractivity contribution >= 4 is 22.5 Å². The lowest BCUT2D eigenvalue weighted by atomic mass is 9.95. The van der Waals surface area contributed by atoms with Crippen molar-refractivity contribution in [2.24, 2.45) is 0 Å². The summed E-state index contributed by atoms with van der Waals surface area (Å²) in [6.07, 6.45) is 5.85. The van der Waals surface area contributed by atoms with Crippen LogP contribution in [0.15, 0.2) is 42.7 Å². The molecule has 0 unspecified atom stereocenters. The van der Waals surface area contributed by atoms with E-state index in [0.717, 1.165) is 45.2 Å². The van der Waals surface area contributed by atoms with E-state index in [1.165, 1.54) is 0 Å². The molecule has 1 saturated heterocycles. The summed E-state index contributed by atoms with van der Waals surface area (Å²) in [5, 5.41) is 21.9. The molecule has 1 aliphatic heterocycles. The molecule has 0 spiro atoms. The van der Waals surface area contributed by atoms with Crippen LogP contribution in [0.25, 0.3) is 21.9 Å². The number of piperazine rings is 1. The first kappa shape index (κ1) is 23.1. The molecule has 1 N–H and O–H groups in total. The van der Waals surface area contributed by atoms with Crippen molar-refractivity contribution in [1.82, 2.24) is 9.88 Å². The third-order valence-corrected chi connectivity index (χ3v) is 6.98. The smallest absolute Gasteiger partial charge is 0.230 e. The van der Waals surface area contributed by atoms with Gasteiger partial charge in [-0.2, -0.15) is 5.26 Å². The average molecular weight is 473 g/mol. The van der Waals surface area contributed by atoms with Gasteiger partial charge >= 0.3 is 0 Å². The molecule has 2 fully saturated rings. The molecule has 8 nitrogen and oxygen atoms in total. The number of pyridine rings is 2. The fraction of sp³-hybridized carbons (Fsp3) is 0.407. The second kappa shape index (κ2) is 9.51. The van der Waals surface area contributed by atoms with Crippen molar-refractivity contribution in [3.63, 3.8) is 0 Å². The summed E-state index contributed by atoms with van der Waals surface area (Å²) >= 11 is 0. The zero-order valence-electron chi connectivity index (χ0n) is 20.1. The number of carbonyl (C=O) groups excluding carboxylic acids is 1. The van der Waals surface area contributed by atoms with Crippen LogP contribution >= 0.6 is 0 Å². The maximum absolute atomic E-state index is 12.6. The van der Waals surface area contributed by atoms with Crippen LogP contribution in [0, 0.1) is 11.3 Å². The number of aromatic nitrogens is 2. The first-order valence-electron chi connectivity index (χ1n) is 12.1. The highest BCUT2D eigenvalue weighted by molar-refractivity contribution is 5.97. The van der Waals surface area contributed by atoms with Crippen LogP contribution in [0.2, 0.25) is 0 Å². The Kier molecular flexibility index (Phi) is 6.27. The van der Waals surface area contributed by atoms with Gasteiger partial charge in [0.05, 0.1) is 29.7 Å². The maximum Gasteiger partial charge on any atom is 0.230 e. The number of nitrogens with zero attached hydrogens (tertiary/aromatic N) is 5. The third kappa shape index (κ3) is 4.52. The summed E-state index contributed by atoms with van der Waals surface area (Å²) < 4.78 is 6.12. The van der Waals surface area contributed by atoms with Gasteiger partial charge in [-0.25, -0.2) is 4.98 Å². The zero-order chi connectivity index (χ0) is 24.5. The minimum atomic E-state index is 0.0220. The molecule has 180 valence electrons. The predicted octanol–water partition coefficient (Wildman–Crippen LogP) is 3.25. The Morgan fingerprint density at radius 1 is 1.29 bits per heavy atom.